The Labute approximate surface area is 115 Å². The highest BCUT2D eigenvalue weighted by molar-refractivity contribution is 9.10. The summed E-state index contributed by atoms with van der Waals surface area (Å²) in [6, 6.07) is 9.02. The number of fused-ring (bicyclic) bond motifs is 1. The normalized spacial score (nSPS) is 18.6. The van der Waals surface area contributed by atoms with Crippen LogP contribution in [0.5, 0.6) is 0 Å². The van der Waals surface area contributed by atoms with Crippen LogP contribution in [0.25, 0.3) is 0 Å². The Bertz CT molecular complexity index is 525. The van der Waals surface area contributed by atoms with Gasteiger partial charge < -0.3 is 9.84 Å². The fourth-order valence-corrected chi connectivity index (χ4v) is 2.88. The second-order valence-corrected chi connectivity index (χ2v) is 5.63. The first kappa shape index (κ1) is 11.9. The minimum Gasteiger partial charge on any atom is -0.360 e. The van der Waals surface area contributed by atoms with Gasteiger partial charge in [0.2, 0.25) is 0 Å². The number of benzene rings is 1. The molecular formula is C14H15BrN2O. The van der Waals surface area contributed by atoms with Crippen molar-refractivity contribution < 1.29 is 4.52 Å². The van der Waals surface area contributed by atoms with Crippen molar-refractivity contribution in [1.82, 2.24) is 10.5 Å². The van der Waals surface area contributed by atoms with Gasteiger partial charge in [0, 0.05) is 16.6 Å². The molecule has 2 aromatic rings. The molecule has 0 bridgehead atoms. The van der Waals surface area contributed by atoms with Crippen LogP contribution in [-0.4, -0.2) is 11.2 Å². The van der Waals surface area contributed by atoms with Crippen molar-refractivity contribution in [2.75, 3.05) is 0 Å². The van der Waals surface area contributed by atoms with E-state index in [1.165, 1.54) is 22.0 Å². The average Bonchev–Trinajstić information content (AvgIpc) is 2.89. The third-order valence-corrected chi connectivity index (χ3v) is 3.95. The van der Waals surface area contributed by atoms with Gasteiger partial charge in [-0.3, -0.25) is 0 Å². The number of hydrogen-bond donors (Lipinski definition) is 1. The summed E-state index contributed by atoms with van der Waals surface area (Å²) in [7, 11) is 0. The lowest BCUT2D eigenvalue weighted by atomic mass is 9.88. The second kappa shape index (κ2) is 5.24. The number of nitrogens with zero attached hydrogens (tertiary/aromatic N) is 1. The molecule has 1 N–H and O–H groups in total. The molecule has 1 aromatic heterocycles. The lowest BCUT2D eigenvalue weighted by Crippen LogP contribution is -2.34. The van der Waals surface area contributed by atoms with Crippen LogP contribution < -0.4 is 5.32 Å². The summed E-state index contributed by atoms with van der Waals surface area (Å²) in [5.41, 5.74) is 2.93. The van der Waals surface area contributed by atoms with E-state index >= 15 is 0 Å². The summed E-state index contributed by atoms with van der Waals surface area (Å²) >= 11 is 3.53. The summed E-state index contributed by atoms with van der Waals surface area (Å²) in [5.74, 6) is 0.900. The van der Waals surface area contributed by atoms with Crippen LogP contribution in [0, 0.1) is 0 Å². The first-order valence-electron chi connectivity index (χ1n) is 6.21. The predicted octanol–water partition coefficient (Wildman–Crippen LogP) is 3.08. The van der Waals surface area contributed by atoms with E-state index in [0.29, 0.717) is 6.04 Å². The number of aromatic nitrogens is 1. The Morgan fingerprint density at radius 2 is 2.28 bits per heavy atom. The summed E-state index contributed by atoms with van der Waals surface area (Å²) < 4.78 is 6.27. The van der Waals surface area contributed by atoms with Crippen molar-refractivity contribution in [3.8, 4) is 0 Å². The lowest BCUT2D eigenvalue weighted by molar-refractivity contribution is 0.355. The molecule has 1 atom stereocenters. The second-order valence-electron chi connectivity index (χ2n) is 4.71. The van der Waals surface area contributed by atoms with E-state index in [0.717, 1.165) is 25.1 Å². The highest BCUT2D eigenvalue weighted by Crippen LogP contribution is 2.24. The van der Waals surface area contributed by atoms with Gasteiger partial charge in [-0.05, 0) is 42.5 Å². The highest BCUT2D eigenvalue weighted by Gasteiger charge is 2.18. The third-order valence-electron chi connectivity index (χ3n) is 3.45. The Morgan fingerprint density at radius 3 is 3.11 bits per heavy atom. The molecule has 0 aliphatic heterocycles. The van der Waals surface area contributed by atoms with Gasteiger partial charge in [-0.2, -0.15) is 0 Å². The predicted molar refractivity (Wildman–Crippen MR) is 73.3 cm³/mol. The fraction of sp³-hybridized carbons (Fsp3) is 0.357. The van der Waals surface area contributed by atoms with Crippen LogP contribution in [0.3, 0.4) is 0 Å². The van der Waals surface area contributed by atoms with Gasteiger partial charge in [0.25, 0.3) is 0 Å². The fourth-order valence-electron chi connectivity index (χ4n) is 2.48. The largest absolute Gasteiger partial charge is 0.360 e. The number of nitrogens with one attached hydrogen (secondary N) is 1. The standard InChI is InChI=1S/C14H15BrN2O/c15-12-3-1-11-8-13(4-2-10(11)7-12)16-9-14-5-6-17-18-14/h1,3,5-7,13,16H,2,4,8-9H2. The molecule has 94 valence electrons. The first-order valence-corrected chi connectivity index (χ1v) is 7.01. The van der Waals surface area contributed by atoms with Crippen molar-refractivity contribution in [3.63, 3.8) is 0 Å². The summed E-state index contributed by atoms with van der Waals surface area (Å²) in [6.45, 7) is 0.760. The van der Waals surface area contributed by atoms with Gasteiger partial charge in [-0.1, -0.05) is 27.2 Å². The Kier molecular flexibility index (Phi) is 3.48. The molecule has 1 heterocycles. The van der Waals surface area contributed by atoms with Gasteiger partial charge in [0.1, 0.15) is 5.76 Å². The Morgan fingerprint density at radius 1 is 1.33 bits per heavy atom. The monoisotopic (exact) mass is 306 g/mol. The molecule has 0 spiro atoms. The van der Waals surface area contributed by atoms with Crippen LogP contribution in [-0.2, 0) is 19.4 Å². The van der Waals surface area contributed by atoms with Crippen molar-refractivity contribution in [1.29, 1.82) is 0 Å². The Hall–Kier alpha value is -1.13. The van der Waals surface area contributed by atoms with Gasteiger partial charge in [0.05, 0.1) is 12.7 Å². The number of halogens is 1. The van der Waals surface area contributed by atoms with Gasteiger partial charge in [-0.15, -0.1) is 0 Å². The van der Waals surface area contributed by atoms with E-state index in [1.807, 2.05) is 6.07 Å². The number of rotatable bonds is 3. The maximum Gasteiger partial charge on any atom is 0.150 e. The zero-order valence-corrected chi connectivity index (χ0v) is 11.6. The first-order chi connectivity index (χ1) is 8.81. The van der Waals surface area contributed by atoms with Crippen molar-refractivity contribution in [3.05, 3.63) is 51.8 Å². The van der Waals surface area contributed by atoms with Gasteiger partial charge >= 0.3 is 0 Å². The number of hydrogen-bond acceptors (Lipinski definition) is 3. The molecule has 0 amide bonds. The molecule has 1 unspecified atom stereocenters. The molecule has 1 aromatic carbocycles. The van der Waals surface area contributed by atoms with Crippen LogP contribution in [0.2, 0.25) is 0 Å². The van der Waals surface area contributed by atoms with Gasteiger partial charge in [-0.25, -0.2) is 0 Å². The molecule has 1 aliphatic carbocycles. The maximum atomic E-state index is 5.09. The van der Waals surface area contributed by atoms with Crippen molar-refractivity contribution in [2.45, 2.75) is 31.8 Å². The molecule has 0 saturated heterocycles. The average molecular weight is 307 g/mol. The molecule has 18 heavy (non-hydrogen) atoms. The Balaban J connectivity index is 1.62. The van der Waals surface area contributed by atoms with E-state index in [-0.39, 0.29) is 0 Å². The van der Waals surface area contributed by atoms with Crippen molar-refractivity contribution >= 4 is 15.9 Å². The smallest absolute Gasteiger partial charge is 0.150 e. The topological polar surface area (TPSA) is 38.1 Å². The molecule has 3 nitrogen and oxygen atoms in total. The summed E-state index contributed by atoms with van der Waals surface area (Å²) in [5, 5.41) is 7.25. The SMILES string of the molecule is Brc1ccc2c(c1)CCC(NCc1ccno1)C2. The minimum absolute atomic E-state index is 0.531. The van der Waals surface area contributed by atoms with E-state index in [2.05, 4.69) is 44.6 Å². The van der Waals surface area contributed by atoms with E-state index < -0.39 is 0 Å². The maximum absolute atomic E-state index is 5.09. The minimum atomic E-state index is 0.531. The molecular weight excluding hydrogens is 292 g/mol. The van der Waals surface area contributed by atoms with E-state index in [1.54, 1.807) is 6.20 Å². The molecule has 0 fully saturated rings. The van der Waals surface area contributed by atoms with Crippen LogP contribution >= 0.6 is 15.9 Å². The zero-order valence-electron chi connectivity index (χ0n) is 10.0. The number of aryl methyl sites for hydroxylation is 1. The van der Waals surface area contributed by atoms with Gasteiger partial charge in [0.15, 0.2) is 0 Å². The third kappa shape index (κ3) is 2.65. The van der Waals surface area contributed by atoms with Crippen molar-refractivity contribution in [2.24, 2.45) is 0 Å². The van der Waals surface area contributed by atoms with Crippen LogP contribution in [0.1, 0.15) is 23.3 Å². The zero-order chi connectivity index (χ0) is 12.4. The molecule has 3 rings (SSSR count). The van der Waals surface area contributed by atoms with Crippen LogP contribution in [0.15, 0.2) is 39.5 Å². The van der Waals surface area contributed by atoms with E-state index in [9.17, 15) is 0 Å². The molecule has 0 radical (unpaired) electrons. The molecule has 1 aliphatic rings. The molecule has 0 saturated carbocycles. The van der Waals surface area contributed by atoms with Crippen LogP contribution in [0.4, 0.5) is 0 Å². The summed E-state index contributed by atoms with van der Waals surface area (Å²) in [4.78, 5) is 0. The molecule has 4 heteroatoms. The quantitative estimate of drug-likeness (QED) is 0.947. The van der Waals surface area contributed by atoms with E-state index in [4.69, 9.17) is 4.52 Å². The summed E-state index contributed by atoms with van der Waals surface area (Å²) in [6.07, 6.45) is 5.10. The highest BCUT2D eigenvalue weighted by atomic mass is 79.9. The lowest BCUT2D eigenvalue weighted by Gasteiger charge is -2.25.